The summed E-state index contributed by atoms with van der Waals surface area (Å²) in [4.78, 5) is 37.9. The van der Waals surface area contributed by atoms with Crippen molar-refractivity contribution in [3.05, 3.63) is 72.9 Å². The lowest BCUT2D eigenvalue weighted by molar-refractivity contribution is -0.167. The predicted octanol–water partition coefficient (Wildman–Crippen LogP) is 16.6. The van der Waals surface area contributed by atoms with Gasteiger partial charge in [-0.25, -0.2) is 0 Å². The summed E-state index contributed by atoms with van der Waals surface area (Å²) in [5.41, 5.74) is 0. The van der Waals surface area contributed by atoms with Gasteiger partial charge in [0.15, 0.2) is 6.10 Å². The standard InChI is InChI=1S/C55H94O6/c1-4-7-10-13-16-19-22-24-26-27-28-29-31-33-36-39-42-45-48-54(57)60-51-52(50-59-53(56)47-44-41-38-35-32-21-18-15-12-9-6-3)61-55(58)49-46-43-40-37-34-30-25-23-20-17-14-11-8-5-2/h15-16,18-19,21-22,24,26-29,32,52H,4-14,17,20,23,25,30-31,33-51H2,1-3H3/b18-15-,19-16-,24-22-,27-26-,29-28-,32-21-. The van der Waals surface area contributed by atoms with Crippen molar-refractivity contribution in [2.45, 2.75) is 245 Å². The average Bonchev–Trinajstić information content (AvgIpc) is 3.26. The summed E-state index contributed by atoms with van der Waals surface area (Å²) in [6.07, 6.45) is 61.6. The molecule has 0 aliphatic heterocycles. The van der Waals surface area contributed by atoms with Gasteiger partial charge in [0, 0.05) is 19.3 Å². The second-order valence-electron chi connectivity index (χ2n) is 16.9. The largest absolute Gasteiger partial charge is 0.462 e. The Labute approximate surface area is 376 Å². The number of unbranched alkanes of at least 4 members (excludes halogenated alkanes) is 26. The lowest BCUT2D eigenvalue weighted by Crippen LogP contribution is -2.30. The van der Waals surface area contributed by atoms with Crippen molar-refractivity contribution in [2.75, 3.05) is 13.2 Å². The summed E-state index contributed by atoms with van der Waals surface area (Å²) in [6, 6.07) is 0. The van der Waals surface area contributed by atoms with E-state index in [1.165, 1.54) is 103 Å². The fourth-order valence-corrected chi connectivity index (χ4v) is 6.90. The van der Waals surface area contributed by atoms with Gasteiger partial charge < -0.3 is 14.2 Å². The molecule has 0 amide bonds. The maximum absolute atomic E-state index is 12.8. The second kappa shape index (κ2) is 49.5. The zero-order chi connectivity index (χ0) is 44.4. The van der Waals surface area contributed by atoms with Crippen LogP contribution in [-0.2, 0) is 28.6 Å². The first-order valence-electron chi connectivity index (χ1n) is 25.5. The number of allylic oxidation sites excluding steroid dienone is 12. The Morgan fingerprint density at radius 2 is 0.607 bits per heavy atom. The Hall–Kier alpha value is -3.15. The third-order valence-corrected chi connectivity index (χ3v) is 10.8. The van der Waals surface area contributed by atoms with Crippen molar-refractivity contribution in [1.82, 2.24) is 0 Å². The molecule has 0 aromatic carbocycles. The number of carbonyl (C=O) groups is 3. The molecule has 0 saturated carbocycles. The van der Waals surface area contributed by atoms with Gasteiger partial charge in [-0.15, -0.1) is 0 Å². The first-order chi connectivity index (χ1) is 30.0. The molecular weight excluding hydrogens is 757 g/mol. The number of ether oxygens (including phenoxy) is 3. The highest BCUT2D eigenvalue weighted by molar-refractivity contribution is 5.71. The molecule has 350 valence electrons. The van der Waals surface area contributed by atoms with E-state index in [4.69, 9.17) is 14.2 Å². The van der Waals surface area contributed by atoms with Crippen LogP contribution in [0.25, 0.3) is 0 Å². The Morgan fingerprint density at radius 1 is 0.328 bits per heavy atom. The average molecular weight is 851 g/mol. The Balaban J connectivity index is 4.43. The van der Waals surface area contributed by atoms with E-state index in [9.17, 15) is 14.4 Å². The van der Waals surface area contributed by atoms with Crippen LogP contribution in [0.1, 0.15) is 239 Å². The van der Waals surface area contributed by atoms with Gasteiger partial charge in [0.05, 0.1) is 0 Å². The molecule has 0 heterocycles. The summed E-state index contributed by atoms with van der Waals surface area (Å²) in [7, 11) is 0. The van der Waals surface area contributed by atoms with Crippen LogP contribution >= 0.6 is 0 Å². The van der Waals surface area contributed by atoms with Crippen LogP contribution in [0, 0.1) is 0 Å². The molecule has 0 radical (unpaired) electrons. The lowest BCUT2D eigenvalue weighted by atomic mass is 10.0. The van der Waals surface area contributed by atoms with Gasteiger partial charge in [-0.2, -0.15) is 0 Å². The number of esters is 3. The fraction of sp³-hybridized carbons (Fsp3) is 0.727. The van der Waals surface area contributed by atoms with E-state index in [0.29, 0.717) is 19.3 Å². The van der Waals surface area contributed by atoms with Gasteiger partial charge >= 0.3 is 17.9 Å². The van der Waals surface area contributed by atoms with E-state index in [2.05, 4.69) is 93.7 Å². The minimum Gasteiger partial charge on any atom is -0.462 e. The first kappa shape index (κ1) is 57.9. The zero-order valence-corrected chi connectivity index (χ0v) is 39.9. The number of hydrogen-bond acceptors (Lipinski definition) is 6. The quantitative estimate of drug-likeness (QED) is 0.0263. The highest BCUT2D eigenvalue weighted by Gasteiger charge is 2.19. The van der Waals surface area contributed by atoms with E-state index in [0.717, 1.165) is 96.3 Å². The number of rotatable bonds is 45. The monoisotopic (exact) mass is 851 g/mol. The van der Waals surface area contributed by atoms with Crippen LogP contribution in [-0.4, -0.2) is 37.2 Å². The van der Waals surface area contributed by atoms with Gasteiger partial charge in [-0.05, 0) is 64.2 Å². The van der Waals surface area contributed by atoms with Crippen molar-refractivity contribution in [3.8, 4) is 0 Å². The van der Waals surface area contributed by atoms with Gasteiger partial charge in [0.2, 0.25) is 0 Å². The van der Waals surface area contributed by atoms with Crippen molar-refractivity contribution >= 4 is 17.9 Å². The van der Waals surface area contributed by atoms with Crippen molar-refractivity contribution in [1.29, 1.82) is 0 Å². The van der Waals surface area contributed by atoms with Crippen molar-refractivity contribution < 1.29 is 28.6 Å². The van der Waals surface area contributed by atoms with E-state index < -0.39 is 6.10 Å². The predicted molar refractivity (Wildman–Crippen MR) is 261 cm³/mol. The summed E-state index contributed by atoms with van der Waals surface area (Å²) in [5.74, 6) is -0.942. The second-order valence-corrected chi connectivity index (χ2v) is 16.9. The van der Waals surface area contributed by atoms with Crippen LogP contribution in [0.4, 0.5) is 0 Å². The molecule has 0 aromatic rings. The maximum atomic E-state index is 12.8. The van der Waals surface area contributed by atoms with Crippen LogP contribution in [0.3, 0.4) is 0 Å². The molecule has 0 bridgehead atoms. The van der Waals surface area contributed by atoms with Crippen LogP contribution < -0.4 is 0 Å². The third-order valence-electron chi connectivity index (χ3n) is 10.8. The van der Waals surface area contributed by atoms with Crippen LogP contribution in [0.2, 0.25) is 0 Å². The van der Waals surface area contributed by atoms with Gasteiger partial charge in [-0.1, -0.05) is 229 Å². The highest BCUT2D eigenvalue weighted by atomic mass is 16.6. The van der Waals surface area contributed by atoms with E-state index in [-0.39, 0.29) is 31.1 Å². The molecule has 61 heavy (non-hydrogen) atoms. The Kier molecular flexibility index (Phi) is 46.9. The normalized spacial score (nSPS) is 12.6. The van der Waals surface area contributed by atoms with Crippen molar-refractivity contribution in [2.24, 2.45) is 0 Å². The number of carbonyl (C=O) groups excluding carboxylic acids is 3. The summed E-state index contributed by atoms with van der Waals surface area (Å²) in [5, 5.41) is 0. The summed E-state index contributed by atoms with van der Waals surface area (Å²) >= 11 is 0. The first-order valence-corrected chi connectivity index (χ1v) is 25.5. The van der Waals surface area contributed by atoms with Crippen LogP contribution in [0.15, 0.2) is 72.9 Å². The van der Waals surface area contributed by atoms with Crippen molar-refractivity contribution in [3.63, 3.8) is 0 Å². The molecule has 0 N–H and O–H groups in total. The molecule has 0 aliphatic carbocycles. The lowest BCUT2D eigenvalue weighted by Gasteiger charge is -2.18. The molecule has 0 saturated heterocycles. The molecular formula is C55H94O6. The van der Waals surface area contributed by atoms with Gasteiger partial charge in [0.1, 0.15) is 13.2 Å². The fourth-order valence-electron chi connectivity index (χ4n) is 6.90. The Bertz CT molecular complexity index is 1160. The summed E-state index contributed by atoms with van der Waals surface area (Å²) < 4.78 is 16.7. The SMILES string of the molecule is CCCC/C=C\C=C/CCCCCC(=O)OCC(COC(=O)CCCCCCC\C=C/C=C\C=C/C=C\CCCCC)OC(=O)CCCCCCCCCCCCCCCC. The van der Waals surface area contributed by atoms with E-state index in [1.807, 2.05) is 0 Å². The minimum atomic E-state index is -0.793. The molecule has 0 fully saturated rings. The van der Waals surface area contributed by atoms with Crippen LogP contribution in [0.5, 0.6) is 0 Å². The number of hydrogen-bond donors (Lipinski definition) is 0. The molecule has 6 nitrogen and oxygen atoms in total. The molecule has 0 spiro atoms. The summed E-state index contributed by atoms with van der Waals surface area (Å²) in [6.45, 7) is 6.50. The Morgan fingerprint density at radius 3 is 1.03 bits per heavy atom. The molecule has 6 heteroatoms. The molecule has 0 aliphatic rings. The topological polar surface area (TPSA) is 78.9 Å². The van der Waals surface area contributed by atoms with E-state index >= 15 is 0 Å². The zero-order valence-electron chi connectivity index (χ0n) is 39.9. The molecule has 0 rings (SSSR count). The minimum absolute atomic E-state index is 0.0951. The van der Waals surface area contributed by atoms with Gasteiger partial charge in [-0.3, -0.25) is 14.4 Å². The molecule has 0 aromatic heterocycles. The highest BCUT2D eigenvalue weighted by Crippen LogP contribution is 2.15. The molecule has 1 unspecified atom stereocenters. The molecule has 1 atom stereocenters. The smallest absolute Gasteiger partial charge is 0.306 e. The maximum Gasteiger partial charge on any atom is 0.306 e. The third kappa shape index (κ3) is 47.7. The van der Waals surface area contributed by atoms with Gasteiger partial charge in [0.25, 0.3) is 0 Å². The van der Waals surface area contributed by atoms with E-state index in [1.54, 1.807) is 0 Å².